The molecule has 0 aromatic heterocycles. The van der Waals surface area contributed by atoms with E-state index in [9.17, 15) is 4.79 Å². The Morgan fingerprint density at radius 3 is 0.952 bits per heavy atom. The van der Waals surface area contributed by atoms with E-state index in [1.165, 1.54) is 0 Å². The summed E-state index contributed by atoms with van der Waals surface area (Å²) < 4.78 is 0. The van der Waals surface area contributed by atoms with Crippen molar-refractivity contribution in [3.8, 4) is 0 Å². The first kappa shape index (κ1) is 33.0. The molecular weight excluding hydrogens is 347 g/mol. The van der Waals surface area contributed by atoms with Gasteiger partial charge in [0.25, 0.3) is 0 Å². The van der Waals surface area contributed by atoms with E-state index in [4.69, 9.17) is 15.3 Å². The number of aliphatic hydroxyl groups excluding tert-OH is 3. The summed E-state index contributed by atoms with van der Waals surface area (Å²) in [7, 11) is 0. The number of carbonyl (C=O) groups excluding carboxylic acids is 1. The monoisotopic (exact) mass is 383 g/mol. The molecular formula is C16H37O4Zr-. The second-order valence-electron chi connectivity index (χ2n) is 4.12. The number of hydrogen-bond donors (Lipinski definition) is 3. The molecule has 3 N–H and O–H groups in total. The van der Waals surface area contributed by atoms with Crippen molar-refractivity contribution in [2.24, 2.45) is 0 Å². The van der Waals surface area contributed by atoms with Crippen LogP contribution in [-0.2, 0) is 31.0 Å². The van der Waals surface area contributed by atoms with Crippen molar-refractivity contribution in [2.45, 2.75) is 72.6 Å². The van der Waals surface area contributed by atoms with Crippen molar-refractivity contribution in [3.63, 3.8) is 0 Å². The molecule has 0 bridgehead atoms. The normalized spacial score (nSPS) is 7.76. The molecule has 0 aromatic carbocycles. The van der Waals surface area contributed by atoms with E-state index >= 15 is 0 Å². The summed E-state index contributed by atoms with van der Waals surface area (Å²) in [5.74, 6) is 0.00463. The molecule has 0 saturated heterocycles. The van der Waals surface area contributed by atoms with Crippen LogP contribution in [0.4, 0.5) is 0 Å². The summed E-state index contributed by atoms with van der Waals surface area (Å²) in [6.45, 7) is 12.1. The largest absolute Gasteiger partial charge is 0.396 e. The van der Waals surface area contributed by atoms with Crippen LogP contribution >= 0.6 is 0 Å². The Morgan fingerprint density at radius 1 is 0.762 bits per heavy atom. The van der Waals surface area contributed by atoms with Gasteiger partial charge in [-0.1, -0.05) is 47.0 Å². The number of hydrogen-bond acceptors (Lipinski definition) is 4. The van der Waals surface area contributed by atoms with Crippen molar-refractivity contribution in [2.75, 3.05) is 19.8 Å². The standard InChI is InChI=1S/C4H7O.3C4H10O.Zr/c1-3-4(2)5;3*1-2-3-4-5;/h2-3H2,1H3;3*5H,2-4H2,1H3;/q-1;;;;. The Hall–Kier alpha value is 0.303. The maximum atomic E-state index is 9.70. The van der Waals surface area contributed by atoms with Crippen molar-refractivity contribution in [1.82, 2.24) is 0 Å². The smallest absolute Gasteiger partial charge is 0.0430 e. The second-order valence-corrected chi connectivity index (χ2v) is 4.12. The van der Waals surface area contributed by atoms with Gasteiger partial charge in [-0.25, -0.2) is 0 Å². The van der Waals surface area contributed by atoms with Crippen LogP contribution in [-0.4, -0.2) is 40.9 Å². The van der Waals surface area contributed by atoms with E-state index in [0.717, 1.165) is 38.5 Å². The van der Waals surface area contributed by atoms with Gasteiger partial charge in [-0.3, -0.25) is 0 Å². The zero-order valence-corrected chi connectivity index (χ0v) is 17.0. The number of unbranched alkanes of at least 4 members (excludes halogenated alkanes) is 3. The molecule has 0 rings (SSSR count). The molecule has 4 nitrogen and oxygen atoms in total. The van der Waals surface area contributed by atoms with Gasteiger partial charge in [0.1, 0.15) is 0 Å². The fraction of sp³-hybridized carbons (Fsp3) is 0.875. The first-order valence-electron chi connectivity index (χ1n) is 7.69. The molecule has 0 atom stereocenters. The van der Waals surface area contributed by atoms with E-state index < -0.39 is 0 Å². The molecule has 5 heteroatoms. The Morgan fingerprint density at radius 2 is 0.952 bits per heavy atom. The third kappa shape index (κ3) is 98.7. The molecule has 0 aliphatic carbocycles. The Labute approximate surface area is 151 Å². The molecule has 0 aliphatic rings. The third-order valence-electron chi connectivity index (χ3n) is 1.93. The SMILES string of the molecule is CCCCO.CCCCO.CCCCO.[CH2-]C(=O)CC.[Zr]. The zero-order chi connectivity index (χ0) is 16.6. The molecule has 0 heterocycles. The minimum atomic E-state index is 0. The fourth-order valence-corrected chi connectivity index (χ4v) is 0.474. The number of carbonyl (C=O) groups is 1. The average molecular weight is 385 g/mol. The molecule has 0 unspecified atom stereocenters. The summed E-state index contributed by atoms with van der Waals surface area (Å²) in [5.41, 5.74) is 0. The summed E-state index contributed by atoms with van der Waals surface area (Å²) >= 11 is 0. The van der Waals surface area contributed by atoms with Gasteiger partial charge in [0.05, 0.1) is 0 Å². The molecule has 0 aliphatic heterocycles. The van der Waals surface area contributed by atoms with Gasteiger partial charge in [0.2, 0.25) is 0 Å². The number of rotatable bonds is 7. The molecule has 0 fully saturated rings. The van der Waals surface area contributed by atoms with Crippen LogP contribution in [0.25, 0.3) is 0 Å². The summed E-state index contributed by atoms with van der Waals surface area (Å²) in [6.07, 6.45) is 6.67. The molecule has 130 valence electrons. The van der Waals surface area contributed by atoms with Crippen molar-refractivity contribution >= 4 is 5.78 Å². The predicted octanol–water partition coefficient (Wildman–Crippen LogP) is 3.13. The minimum absolute atomic E-state index is 0. The van der Waals surface area contributed by atoms with Gasteiger partial charge in [0.15, 0.2) is 0 Å². The molecule has 0 amide bonds. The molecule has 0 spiro atoms. The summed E-state index contributed by atoms with van der Waals surface area (Å²) in [5, 5.41) is 24.2. The van der Waals surface area contributed by atoms with Gasteiger partial charge < -0.3 is 27.0 Å². The number of Topliss-reactive ketones (excluding diaryl/α,β-unsaturated/α-hetero) is 1. The van der Waals surface area contributed by atoms with Crippen LogP contribution in [0, 0.1) is 6.92 Å². The van der Waals surface area contributed by atoms with Crippen molar-refractivity contribution < 1.29 is 46.3 Å². The average Bonchev–Trinajstić information content (AvgIpc) is 2.43. The quantitative estimate of drug-likeness (QED) is 0.589. The maximum Gasteiger partial charge on any atom is 0.0430 e. The number of ketones is 1. The fourth-order valence-electron chi connectivity index (χ4n) is 0.474. The van der Waals surface area contributed by atoms with Crippen LogP contribution in [0.2, 0.25) is 0 Å². The topological polar surface area (TPSA) is 77.8 Å². The Bertz CT molecular complexity index is 124. The maximum absolute atomic E-state index is 9.70. The van der Waals surface area contributed by atoms with Gasteiger partial charge in [-0.2, -0.15) is 0 Å². The number of aliphatic hydroxyl groups is 3. The zero-order valence-electron chi connectivity index (χ0n) is 14.5. The van der Waals surface area contributed by atoms with Crippen LogP contribution in [0.3, 0.4) is 0 Å². The first-order chi connectivity index (χ1) is 9.51. The summed E-state index contributed by atoms with van der Waals surface area (Å²) in [6, 6.07) is 0. The minimum Gasteiger partial charge on any atom is -0.396 e. The van der Waals surface area contributed by atoms with Gasteiger partial charge in [0, 0.05) is 46.0 Å². The second kappa shape index (κ2) is 42.7. The van der Waals surface area contributed by atoms with Gasteiger partial charge >= 0.3 is 0 Å². The molecule has 0 aromatic rings. The van der Waals surface area contributed by atoms with Crippen LogP contribution in [0.1, 0.15) is 72.6 Å². The van der Waals surface area contributed by atoms with Gasteiger partial charge in [-0.05, 0) is 31.5 Å². The molecule has 0 radical (unpaired) electrons. The van der Waals surface area contributed by atoms with Crippen molar-refractivity contribution in [1.29, 1.82) is 0 Å². The summed E-state index contributed by atoms with van der Waals surface area (Å²) in [4.78, 5) is 9.70. The van der Waals surface area contributed by atoms with E-state index in [1.807, 2.05) is 0 Å². The van der Waals surface area contributed by atoms with E-state index in [0.29, 0.717) is 26.2 Å². The molecule has 21 heavy (non-hydrogen) atoms. The Kier molecular flexibility index (Phi) is 67.3. The van der Waals surface area contributed by atoms with Crippen LogP contribution in [0.15, 0.2) is 0 Å². The van der Waals surface area contributed by atoms with Crippen molar-refractivity contribution in [3.05, 3.63) is 6.92 Å². The van der Waals surface area contributed by atoms with E-state index in [1.54, 1.807) is 6.92 Å². The Balaban J connectivity index is -0.0000000533. The predicted molar refractivity (Wildman–Crippen MR) is 86.6 cm³/mol. The van der Waals surface area contributed by atoms with E-state index in [2.05, 4.69) is 27.7 Å². The van der Waals surface area contributed by atoms with Crippen LogP contribution < -0.4 is 0 Å². The van der Waals surface area contributed by atoms with Gasteiger partial charge in [-0.15, -0.1) is 0 Å². The third-order valence-corrected chi connectivity index (χ3v) is 1.93. The van der Waals surface area contributed by atoms with Crippen LogP contribution in [0.5, 0.6) is 0 Å². The first-order valence-corrected chi connectivity index (χ1v) is 7.69. The molecule has 0 saturated carbocycles. The van der Waals surface area contributed by atoms with E-state index in [-0.39, 0.29) is 32.0 Å².